The summed E-state index contributed by atoms with van der Waals surface area (Å²) in [5, 5.41) is 0.868. The van der Waals surface area contributed by atoms with Gasteiger partial charge in [-0.05, 0) is 22.0 Å². The number of nitrogens with two attached hydrogens (primary N) is 1. The fourth-order valence-corrected chi connectivity index (χ4v) is 2.45. The molecule has 0 aliphatic carbocycles. The zero-order valence-electron chi connectivity index (χ0n) is 7.72. The fourth-order valence-electron chi connectivity index (χ4n) is 1.70. The number of rotatable bonds is 1. The second kappa shape index (κ2) is 3.37. The molecule has 2 aromatic rings. The summed E-state index contributed by atoms with van der Waals surface area (Å²) in [6.07, 6.45) is 0. The number of fused-ring (bicyclic) bond motifs is 1. The van der Waals surface area contributed by atoms with Crippen LogP contribution in [0.15, 0.2) is 22.7 Å². The van der Waals surface area contributed by atoms with Crippen molar-refractivity contribution in [3.8, 4) is 0 Å². The number of aryl methyl sites for hydroxylation is 1. The maximum Gasteiger partial charge on any atom is 0.147 e. The first-order chi connectivity index (χ1) is 6.66. The SMILES string of the molecule is Cn1c(CN)c(Br)c2cccc(F)c21. The minimum absolute atomic E-state index is 0.217. The fraction of sp³-hybridized carbons (Fsp3) is 0.200. The number of benzene rings is 1. The summed E-state index contributed by atoms with van der Waals surface area (Å²) in [5.41, 5.74) is 7.10. The summed E-state index contributed by atoms with van der Waals surface area (Å²) in [7, 11) is 1.82. The average Bonchev–Trinajstić information content (AvgIpc) is 2.41. The second-order valence-corrected chi connectivity index (χ2v) is 3.95. The molecule has 0 atom stereocenters. The summed E-state index contributed by atoms with van der Waals surface area (Å²) in [6.45, 7) is 0.394. The Morgan fingerprint density at radius 1 is 1.50 bits per heavy atom. The van der Waals surface area contributed by atoms with Gasteiger partial charge in [-0.25, -0.2) is 4.39 Å². The number of aromatic nitrogens is 1. The van der Waals surface area contributed by atoms with Crippen LogP contribution in [0.3, 0.4) is 0 Å². The predicted octanol–water partition coefficient (Wildman–Crippen LogP) is 2.54. The molecular formula is C10H10BrFN2. The zero-order chi connectivity index (χ0) is 10.3. The molecule has 2 nitrogen and oxygen atoms in total. The highest BCUT2D eigenvalue weighted by Gasteiger charge is 2.13. The van der Waals surface area contributed by atoms with Crippen molar-refractivity contribution in [2.45, 2.75) is 6.54 Å². The lowest BCUT2D eigenvalue weighted by Gasteiger charge is -2.01. The maximum absolute atomic E-state index is 13.5. The molecule has 0 saturated carbocycles. The van der Waals surface area contributed by atoms with Gasteiger partial charge in [-0.2, -0.15) is 0 Å². The molecule has 0 aliphatic heterocycles. The van der Waals surface area contributed by atoms with E-state index in [9.17, 15) is 4.39 Å². The van der Waals surface area contributed by atoms with Crippen molar-refractivity contribution in [1.82, 2.24) is 4.57 Å². The van der Waals surface area contributed by atoms with Crippen LogP contribution in [0.5, 0.6) is 0 Å². The van der Waals surface area contributed by atoms with E-state index in [4.69, 9.17) is 5.73 Å². The van der Waals surface area contributed by atoms with Crippen molar-refractivity contribution in [2.24, 2.45) is 12.8 Å². The molecule has 74 valence electrons. The normalized spacial score (nSPS) is 11.1. The van der Waals surface area contributed by atoms with Crippen molar-refractivity contribution in [3.63, 3.8) is 0 Å². The summed E-state index contributed by atoms with van der Waals surface area (Å²) in [5.74, 6) is -0.217. The van der Waals surface area contributed by atoms with E-state index in [2.05, 4.69) is 15.9 Å². The van der Waals surface area contributed by atoms with Crippen LogP contribution in [0, 0.1) is 5.82 Å². The van der Waals surface area contributed by atoms with Gasteiger partial charge in [-0.1, -0.05) is 12.1 Å². The van der Waals surface area contributed by atoms with E-state index in [1.165, 1.54) is 6.07 Å². The molecule has 0 unspecified atom stereocenters. The lowest BCUT2D eigenvalue weighted by molar-refractivity contribution is 0.630. The molecule has 1 aromatic carbocycles. The number of hydrogen-bond acceptors (Lipinski definition) is 1. The molecule has 1 aromatic heterocycles. The molecule has 0 bridgehead atoms. The number of hydrogen-bond donors (Lipinski definition) is 1. The summed E-state index contributed by atoms with van der Waals surface area (Å²) < 4.78 is 16.2. The van der Waals surface area contributed by atoms with Gasteiger partial charge in [0.15, 0.2) is 0 Å². The number of halogens is 2. The third-order valence-corrected chi connectivity index (χ3v) is 3.30. The largest absolute Gasteiger partial charge is 0.343 e. The molecule has 14 heavy (non-hydrogen) atoms. The zero-order valence-corrected chi connectivity index (χ0v) is 9.31. The van der Waals surface area contributed by atoms with E-state index >= 15 is 0 Å². The predicted molar refractivity (Wildman–Crippen MR) is 58.5 cm³/mol. The van der Waals surface area contributed by atoms with E-state index in [1.54, 1.807) is 10.6 Å². The van der Waals surface area contributed by atoms with Crippen LogP contribution < -0.4 is 5.73 Å². The quantitative estimate of drug-likeness (QED) is 0.836. The topological polar surface area (TPSA) is 30.9 Å². The van der Waals surface area contributed by atoms with Crippen LogP contribution >= 0.6 is 15.9 Å². The molecule has 0 amide bonds. The van der Waals surface area contributed by atoms with Gasteiger partial charge in [-0.3, -0.25) is 0 Å². The average molecular weight is 257 g/mol. The molecule has 2 N–H and O–H groups in total. The Bertz CT molecular complexity index is 490. The van der Waals surface area contributed by atoms with Gasteiger partial charge in [0.25, 0.3) is 0 Å². The van der Waals surface area contributed by atoms with Crippen LogP contribution in [0.25, 0.3) is 10.9 Å². The van der Waals surface area contributed by atoms with E-state index in [1.807, 2.05) is 13.1 Å². The van der Waals surface area contributed by atoms with Gasteiger partial charge in [-0.15, -0.1) is 0 Å². The van der Waals surface area contributed by atoms with E-state index < -0.39 is 0 Å². The van der Waals surface area contributed by atoms with Crippen molar-refractivity contribution >= 4 is 26.8 Å². The molecule has 4 heteroatoms. The first-order valence-electron chi connectivity index (χ1n) is 4.28. The van der Waals surface area contributed by atoms with Gasteiger partial charge in [0.1, 0.15) is 5.82 Å². The number of para-hydroxylation sites is 1. The highest BCUT2D eigenvalue weighted by molar-refractivity contribution is 9.10. The summed E-state index contributed by atoms with van der Waals surface area (Å²) in [6, 6.07) is 5.03. The van der Waals surface area contributed by atoms with Crippen molar-refractivity contribution in [2.75, 3.05) is 0 Å². The molecule has 0 radical (unpaired) electrons. The van der Waals surface area contributed by atoms with Crippen molar-refractivity contribution < 1.29 is 4.39 Å². The van der Waals surface area contributed by atoms with Crippen molar-refractivity contribution in [3.05, 3.63) is 34.2 Å². The maximum atomic E-state index is 13.5. The Kier molecular flexibility index (Phi) is 2.33. The Hall–Kier alpha value is -0.870. The summed E-state index contributed by atoms with van der Waals surface area (Å²) in [4.78, 5) is 0. The van der Waals surface area contributed by atoms with E-state index in [0.29, 0.717) is 12.1 Å². The van der Waals surface area contributed by atoms with Crippen LogP contribution in [-0.2, 0) is 13.6 Å². The highest BCUT2D eigenvalue weighted by Crippen LogP contribution is 2.31. The highest BCUT2D eigenvalue weighted by atomic mass is 79.9. The first-order valence-corrected chi connectivity index (χ1v) is 5.07. The Labute approximate surface area is 89.6 Å². The van der Waals surface area contributed by atoms with Crippen LogP contribution in [-0.4, -0.2) is 4.57 Å². The Morgan fingerprint density at radius 3 is 2.79 bits per heavy atom. The molecule has 0 aliphatic rings. The van der Waals surface area contributed by atoms with E-state index in [-0.39, 0.29) is 5.82 Å². The minimum atomic E-state index is -0.217. The Morgan fingerprint density at radius 2 is 2.21 bits per heavy atom. The minimum Gasteiger partial charge on any atom is -0.343 e. The lowest BCUT2D eigenvalue weighted by atomic mass is 10.2. The lowest BCUT2D eigenvalue weighted by Crippen LogP contribution is -2.03. The van der Waals surface area contributed by atoms with E-state index in [0.717, 1.165) is 15.6 Å². The third kappa shape index (κ3) is 1.18. The Balaban J connectivity index is 2.94. The molecule has 0 fully saturated rings. The molecule has 1 heterocycles. The van der Waals surface area contributed by atoms with Crippen molar-refractivity contribution in [1.29, 1.82) is 0 Å². The molecule has 0 spiro atoms. The van der Waals surface area contributed by atoms with Gasteiger partial charge < -0.3 is 10.3 Å². The van der Waals surface area contributed by atoms with Gasteiger partial charge in [0, 0.05) is 29.1 Å². The molecular weight excluding hydrogens is 247 g/mol. The molecule has 0 saturated heterocycles. The summed E-state index contributed by atoms with van der Waals surface area (Å²) >= 11 is 3.43. The standard InChI is InChI=1S/C10H10BrFN2/c1-14-8(5-13)9(11)6-3-2-4-7(12)10(6)14/h2-4H,5,13H2,1H3. The van der Waals surface area contributed by atoms with Gasteiger partial charge >= 0.3 is 0 Å². The number of nitrogens with zero attached hydrogens (tertiary/aromatic N) is 1. The molecule has 2 rings (SSSR count). The van der Waals surface area contributed by atoms with Gasteiger partial charge in [0.05, 0.1) is 5.52 Å². The smallest absolute Gasteiger partial charge is 0.147 e. The first kappa shape index (κ1) is 9.68. The van der Waals surface area contributed by atoms with Crippen LogP contribution in [0.4, 0.5) is 4.39 Å². The second-order valence-electron chi connectivity index (χ2n) is 3.16. The van der Waals surface area contributed by atoms with Crippen LogP contribution in [0.2, 0.25) is 0 Å². The third-order valence-electron chi connectivity index (χ3n) is 2.41. The van der Waals surface area contributed by atoms with Gasteiger partial charge in [0.2, 0.25) is 0 Å². The monoisotopic (exact) mass is 256 g/mol. The van der Waals surface area contributed by atoms with Crippen LogP contribution in [0.1, 0.15) is 5.69 Å².